The van der Waals surface area contributed by atoms with E-state index in [4.69, 9.17) is 0 Å². The third-order valence-electron chi connectivity index (χ3n) is 5.03. The van der Waals surface area contributed by atoms with Crippen LogP contribution in [0.2, 0.25) is 0 Å². The van der Waals surface area contributed by atoms with Gasteiger partial charge in [-0.25, -0.2) is 0 Å². The maximum atomic E-state index is 12.4. The molecule has 1 amide bonds. The molecule has 22 heavy (non-hydrogen) atoms. The molecular formula is C18H27N3O. The van der Waals surface area contributed by atoms with Gasteiger partial charge in [0.05, 0.1) is 0 Å². The van der Waals surface area contributed by atoms with Gasteiger partial charge in [0.2, 0.25) is 5.91 Å². The molecule has 2 aliphatic rings. The predicted octanol–water partition coefficient (Wildman–Crippen LogP) is 1.62. The van der Waals surface area contributed by atoms with Crippen LogP contribution in [0.15, 0.2) is 30.3 Å². The summed E-state index contributed by atoms with van der Waals surface area (Å²) in [5.74, 6) is 0.882. The highest BCUT2D eigenvalue weighted by molar-refractivity contribution is 5.79. The molecule has 0 bridgehead atoms. The number of hydrogen-bond donors (Lipinski definition) is 2. The molecule has 4 nitrogen and oxygen atoms in total. The molecular weight excluding hydrogens is 274 g/mol. The maximum Gasteiger partial charge on any atom is 0.223 e. The number of benzene rings is 1. The summed E-state index contributed by atoms with van der Waals surface area (Å²) in [6, 6.07) is 10.9. The van der Waals surface area contributed by atoms with Crippen molar-refractivity contribution in [3.05, 3.63) is 35.9 Å². The van der Waals surface area contributed by atoms with Gasteiger partial charge in [0.1, 0.15) is 0 Å². The van der Waals surface area contributed by atoms with E-state index >= 15 is 0 Å². The molecule has 2 saturated heterocycles. The molecule has 0 spiro atoms. The normalized spacial score (nSPS) is 24.5. The molecule has 2 aliphatic heterocycles. The first kappa shape index (κ1) is 15.5. The Morgan fingerprint density at radius 1 is 1.36 bits per heavy atom. The summed E-state index contributed by atoms with van der Waals surface area (Å²) >= 11 is 0. The molecule has 0 saturated carbocycles. The van der Waals surface area contributed by atoms with E-state index in [1.165, 1.54) is 5.56 Å². The van der Waals surface area contributed by atoms with Crippen LogP contribution in [0.1, 0.15) is 25.3 Å². The minimum atomic E-state index is 0.130. The van der Waals surface area contributed by atoms with Crippen molar-refractivity contribution in [2.45, 2.75) is 32.4 Å². The lowest BCUT2D eigenvalue weighted by atomic mass is 9.88. The zero-order valence-electron chi connectivity index (χ0n) is 13.4. The first-order valence-corrected chi connectivity index (χ1v) is 8.50. The van der Waals surface area contributed by atoms with Gasteiger partial charge in [-0.2, -0.15) is 0 Å². The monoisotopic (exact) mass is 301 g/mol. The maximum absolute atomic E-state index is 12.4. The number of hydrogen-bond acceptors (Lipinski definition) is 3. The van der Waals surface area contributed by atoms with E-state index in [1.54, 1.807) is 0 Å². The van der Waals surface area contributed by atoms with E-state index in [-0.39, 0.29) is 11.8 Å². The second kappa shape index (κ2) is 7.25. The number of likely N-dealkylation sites (tertiary alicyclic amines) is 1. The van der Waals surface area contributed by atoms with Gasteiger partial charge in [-0.1, -0.05) is 37.3 Å². The van der Waals surface area contributed by atoms with Crippen molar-refractivity contribution in [2.75, 3.05) is 26.2 Å². The summed E-state index contributed by atoms with van der Waals surface area (Å²) in [5.41, 5.74) is 1.35. The highest BCUT2D eigenvalue weighted by Crippen LogP contribution is 2.18. The summed E-state index contributed by atoms with van der Waals surface area (Å²) in [6.07, 6.45) is 2.27. The lowest BCUT2D eigenvalue weighted by molar-refractivity contribution is -0.127. The lowest BCUT2D eigenvalue weighted by Crippen LogP contribution is -2.53. The molecule has 2 heterocycles. The Labute approximate surface area is 133 Å². The Kier molecular flexibility index (Phi) is 5.11. The van der Waals surface area contributed by atoms with Gasteiger partial charge in [0, 0.05) is 25.0 Å². The second-order valence-electron chi connectivity index (χ2n) is 6.78. The van der Waals surface area contributed by atoms with Gasteiger partial charge >= 0.3 is 0 Å². The first-order valence-electron chi connectivity index (χ1n) is 8.50. The molecule has 0 aromatic heterocycles. The van der Waals surface area contributed by atoms with Crippen LogP contribution in [0, 0.1) is 11.8 Å². The number of nitrogens with zero attached hydrogens (tertiary/aromatic N) is 1. The van der Waals surface area contributed by atoms with Gasteiger partial charge in [-0.05, 0) is 44.0 Å². The third kappa shape index (κ3) is 3.87. The molecule has 2 N–H and O–H groups in total. The fourth-order valence-corrected chi connectivity index (χ4v) is 3.37. The van der Waals surface area contributed by atoms with E-state index in [0.29, 0.717) is 12.0 Å². The van der Waals surface area contributed by atoms with Gasteiger partial charge in [0.25, 0.3) is 0 Å². The summed E-state index contributed by atoms with van der Waals surface area (Å²) < 4.78 is 0. The number of carbonyl (C=O) groups is 1. The zero-order chi connectivity index (χ0) is 15.4. The molecule has 2 fully saturated rings. The van der Waals surface area contributed by atoms with Crippen LogP contribution in [-0.4, -0.2) is 43.0 Å². The third-order valence-corrected chi connectivity index (χ3v) is 5.03. The van der Waals surface area contributed by atoms with Crippen molar-refractivity contribution in [2.24, 2.45) is 11.8 Å². The standard InChI is InChI=1S/C18H27N3O/c1-14(16-10-19-11-16)18(22)20-17-8-5-9-21(13-17)12-15-6-3-2-4-7-15/h2-4,6-7,14,16-17,19H,5,8-13H2,1H3,(H,20,22). The SMILES string of the molecule is CC(C(=O)NC1CCCN(Cc2ccccc2)C1)C1CNC1. The smallest absolute Gasteiger partial charge is 0.223 e. The van der Waals surface area contributed by atoms with Crippen molar-refractivity contribution < 1.29 is 4.79 Å². The Balaban J connectivity index is 1.48. The highest BCUT2D eigenvalue weighted by Gasteiger charge is 2.30. The minimum Gasteiger partial charge on any atom is -0.352 e. The van der Waals surface area contributed by atoms with Crippen molar-refractivity contribution in [1.29, 1.82) is 0 Å². The van der Waals surface area contributed by atoms with Crippen LogP contribution in [0.25, 0.3) is 0 Å². The Bertz CT molecular complexity index is 486. The lowest BCUT2D eigenvalue weighted by Gasteiger charge is -2.36. The van der Waals surface area contributed by atoms with Crippen LogP contribution in [0.3, 0.4) is 0 Å². The molecule has 1 aromatic carbocycles. The number of nitrogens with one attached hydrogen (secondary N) is 2. The van der Waals surface area contributed by atoms with E-state index in [1.807, 2.05) is 0 Å². The average molecular weight is 301 g/mol. The largest absolute Gasteiger partial charge is 0.352 e. The predicted molar refractivity (Wildman–Crippen MR) is 88.4 cm³/mol. The Morgan fingerprint density at radius 2 is 2.14 bits per heavy atom. The second-order valence-corrected chi connectivity index (χ2v) is 6.78. The first-order chi connectivity index (χ1) is 10.7. The number of piperidine rings is 1. The minimum absolute atomic E-state index is 0.130. The highest BCUT2D eigenvalue weighted by atomic mass is 16.2. The van der Waals surface area contributed by atoms with Gasteiger partial charge in [0.15, 0.2) is 0 Å². The Morgan fingerprint density at radius 3 is 2.82 bits per heavy atom. The van der Waals surface area contributed by atoms with E-state index in [0.717, 1.165) is 45.6 Å². The van der Waals surface area contributed by atoms with Crippen molar-refractivity contribution in [1.82, 2.24) is 15.5 Å². The quantitative estimate of drug-likeness (QED) is 0.869. The summed E-state index contributed by atoms with van der Waals surface area (Å²) in [5, 5.41) is 6.52. The van der Waals surface area contributed by atoms with Gasteiger partial charge in [-0.3, -0.25) is 9.69 Å². The summed E-state index contributed by atoms with van der Waals surface area (Å²) in [4.78, 5) is 14.8. The van der Waals surface area contributed by atoms with Gasteiger partial charge < -0.3 is 10.6 Å². The molecule has 2 unspecified atom stereocenters. The summed E-state index contributed by atoms with van der Waals surface area (Å²) in [7, 11) is 0. The van der Waals surface area contributed by atoms with Crippen LogP contribution in [-0.2, 0) is 11.3 Å². The summed E-state index contributed by atoms with van der Waals surface area (Å²) in [6.45, 7) is 7.11. The average Bonchev–Trinajstić information content (AvgIpc) is 2.47. The number of carbonyl (C=O) groups excluding carboxylic acids is 1. The van der Waals surface area contributed by atoms with E-state index < -0.39 is 0 Å². The Hall–Kier alpha value is -1.39. The van der Waals surface area contributed by atoms with Crippen LogP contribution in [0.5, 0.6) is 0 Å². The fraction of sp³-hybridized carbons (Fsp3) is 0.611. The zero-order valence-corrected chi connectivity index (χ0v) is 13.4. The van der Waals surface area contributed by atoms with E-state index in [2.05, 4.69) is 52.8 Å². The van der Waals surface area contributed by atoms with Crippen LogP contribution >= 0.6 is 0 Å². The molecule has 0 radical (unpaired) electrons. The van der Waals surface area contributed by atoms with Crippen molar-refractivity contribution in [3.8, 4) is 0 Å². The molecule has 2 atom stereocenters. The molecule has 0 aliphatic carbocycles. The molecule has 4 heteroatoms. The number of rotatable bonds is 5. The fourth-order valence-electron chi connectivity index (χ4n) is 3.37. The number of amides is 1. The topological polar surface area (TPSA) is 44.4 Å². The van der Waals surface area contributed by atoms with Crippen LogP contribution < -0.4 is 10.6 Å². The van der Waals surface area contributed by atoms with Crippen LogP contribution in [0.4, 0.5) is 0 Å². The van der Waals surface area contributed by atoms with Crippen molar-refractivity contribution in [3.63, 3.8) is 0 Å². The molecule has 3 rings (SSSR count). The van der Waals surface area contributed by atoms with Gasteiger partial charge in [-0.15, -0.1) is 0 Å². The molecule has 120 valence electrons. The van der Waals surface area contributed by atoms with Crippen molar-refractivity contribution >= 4 is 5.91 Å². The molecule has 1 aromatic rings. The van der Waals surface area contributed by atoms with E-state index in [9.17, 15) is 4.79 Å².